The van der Waals surface area contributed by atoms with E-state index < -0.39 is 0 Å². The second-order valence-corrected chi connectivity index (χ2v) is 8.66. The van der Waals surface area contributed by atoms with E-state index in [0.29, 0.717) is 0 Å². The molecule has 1 heterocycles. The van der Waals surface area contributed by atoms with E-state index in [0.717, 1.165) is 45.2 Å². The number of hydrogen-bond acceptors (Lipinski definition) is 3. The SMILES string of the molecule is CC(C)(C)C(=O)[C@H]1CCCCC1C(=O)NCCCN1CCCCC1. The van der Waals surface area contributed by atoms with E-state index in [1.165, 1.54) is 32.4 Å². The third-order valence-electron chi connectivity index (χ3n) is 5.58. The molecule has 0 aromatic heterocycles. The summed E-state index contributed by atoms with van der Waals surface area (Å²) in [6, 6.07) is 0. The third-order valence-corrected chi connectivity index (χ3v) is 5.58. The number of nitrogens with one attached hydrogen (secondary N) is 1. The number of amides is 1. The van der Waals surface area contributed by atoms with E-state index >= 15 is 0 Å². The van der Waals surface area contributed by atoms with E-state index in [-0.39, 0.29) is 28.9 Å². The minimum Gasteiger partial charge on any atom is -0.356 e. The Labute approximate surface area is 147 Å². The number of likely N-dealkylation sites (tertiary alicyclic amines) is 1. The Morgan fingerprint density at radius 2 is 1.58 bits per heavy atom. The molecule has 2 atom stereocenters. The minimum atomic E-state index is -0.352. The lowest BCUT2D eigenvalue weighted by Gasteiger charge is -2.33. The first kappa shape index (κ1) is 19.4. The molecule has 1 N–H and O–H groups in total. The van der Waals surface area contributed by atoms with Crippen molar-refractivity contribution in [1.29, 1.82) is 0 Å². The topological polar surface area (TPSA) is 49.4 Å². The Kier molecular flexibility index (Phi) is 7.27. The highest BCUT2D eigenvalue weighted by molar-refractivity contribution is 5.91. The largest absolute Gasteiger partial charge is 0.356 e. The van der Waals surface area contributed by atoms with Gasteiger partial charge in [0.2, 0.25) is 5.91 Å². The Morgan fingerprint density at radius 3 is 2.21 bits per heavy atom. The van der Waals surface area contributed by atoms with Crippen LogP contribution in [-0.2, 0) is 9.59 Å². The van der Waals surface area contributed by atoms with Gasteiger partial charge in [-0.3, -0.25) is 9.59 Å². The summed E-state index contributed by atoms with van der Waals surface area (Å²) in [6.07, 6.45) is 8.88. The molecule has 138 valence electrons. The number of hydrogen-bond donors (Lipinski definition) is 1. The first-order chi connectivity index (χ1) is 11.4. The molecule has 0 spiro atoms. The molecule has 0 radical (unpaired) electrons. The van der Waals surface area contributed by atoms with Crippen molar-refractivity contribution in [3.63, 3.8) is 0 Å². The summed E-state index contributed by atoms with van der Waals surface area (Å²) >= 11 is 0. The molecule has 0 aromatic rings. The van der Waals surface area contributed by atoms with E-state index in [2.05, 4.69) is 10.2 Å². The van der Waals surface area contributed by atoms with E-state index in [1.54, 1.807) is 0 Å². The van der Waals surface area contributed by atoms with Crippen molar-refractivity contribution in [3.8, 4) is 0 Å². The smallest absolute Gasteiger partial charge is 0.223 e. The predicted octanol–water partition coefficient (Wildman–Crippen LogP) is 3.40. The molecule has 0 bridgehead atoms. The van der Waals surface area contributed by atoms with Crippen LogP contribution in [0.15, 0.2) is 0 Å². The first-order valence-electron chi connectivity index (χ1n) is 9.94. The maximum Gasteiger partial charge on any atom is 0.223 e. The van der Waals surface area contributed by atoms with Gasteiger partial charge < -0.3 is 10.2 Å². The summed E-state index contributed by atoms with van der Waals surface area (Å²) in [5.41, 5.74) is -0.352. The normalized spacial score (nSPS) is 26.1. The van der Waals surface area contributed by atoms with Crippen molar-refractivity contribution in [2.24, 2.45) is 17.3 Å². The van der Waals surface area contributed by atoms with Crippen LogP contribution < -0.4 is 5.32 Å². The fourth-order valence-electron chi connectivity index (χ4n) is 4.14. The van der Waals surface area contributed by atoms with Crippen LogP contribution in [0.1, 0.15) is 72.1 Å². The Hall–Kier alpha value is -0.900. The van der Waals surface area contributed by atoms with Gasteiger partial charge in [0.15, 0.2) is 0 Å². The number of ketones is 1. The molecule has 2 rings (SSSR count). The average Bonchev–Trinajstić information content (AvgIpc) is 2.58. The summed E-state index contributed by atoms with van der Waals surface area (Å²) in [6.45, 7) is 10.1. The van der Waals surface area contributed by atoms with Crippen LogP contribution >= 0.6 is 0 Å². The van der Waals surface area contributed by atoms with Gasteiger partial charge in [0.25, 0.3) is 0 Å². The lowest BCUT2D eigenvalue weighted by Crippen LogP contribution is -2.43. The van der Waals surface area contributed by atoms with E-state index in [9.17, 15) is 9.59 Å². The minimum absolute atomic E-state index is 0.0826. The number of Topliss-reactive ketones (excluding diaryl/α,β-unsaturated/α-hetero) is 1. The predicted molar refractivity (Wildman–Crippen MR) is 97.8 cm³/mol. The van der Waals surface area contributed by atoms with Gasteiger partial charge in [0.05, 0.1) is 0 Å². The molecule has 0 aromatic carbocycles. The highest BCUT2D eigenvalue weighted by atomic mass is 16.2. The molecule has 24 heavy (non-hydrogen) atoms. The van der Waals surface area contributed by atoms with Gasteiger partial charge in [-0.2, -0.15) is 0 Å². The lowest BCUT2D eigenvalue weighted by atomic mass is 9.70. The van der Waals surface area contributed by atoms with Crippen LogP contribution in [0, 0.1) is 17.3 Å². The van der Waals surface area contributed by atoms with Gasteiger partial charge in [-0.1, -0.05) is 40.0 Å². The summed E-state index contributed by atoms with van der Waals surface area (Å²) in [7, 11) is 0. The molecule has 2 aliphatic rings. The monoisotopic (exact) mass is 336 g/mol. The molecule has 1 saturated carbocycles. The summed E-state index contributed by atoms with van der Waals surface area (Å²) < 4.78 is 0. The van der Waals surface area contributed by atoms with E-state index in [1.807, 2.05) is 20.8 Å². The number of carbonyl (C=O) groups excluding carboxylic acids is 2. The van der Waals surface area contributed by atoms with Gasteiger partial charge in [-0.25, -0.2) is 0 Å². The van der Waals surface area contributed by atoms with Gasteiger partial charge in [-0.15, -0.1) is 0 Å². The van der Waals surface area contributed by atoms with Crippen LogP contribution in [0.5, 0.6) is 0 Å². The molecule has 4 nitrogen and oxygen atoms in total. The molecule has 1 aliphatic heterocycles. The Morgan fingerprint density at radius 1 is 0.958 bits per heavy atom. The van der Waals surface area contributed by atoms with Crippen LogP contribution in [0.2, 0.25) is 0 Å². The lowest BCUT2D eigenvalue weighted by molar-refractivity contribution is -0.139. The zero-order valence-corrected chi connectivity index (χ0v) is 15.9. The fraction of sp³-hybridized carbons (Fsp3) is 0.900. The van der Waals surface area contributed by atoms with Crippen molar-refractivity contribution in [2.75, 3.05) is 26.2 Å². The van der Waals surface area contributed by atoms with Crippen LogP contribution in [0.25, 0.3) is 0 Å². The van der Waals surface area contributed by atoms with Crippen molar-refractivity contribution in [1.82, 2.24) is 10.2 Å². The Balaban J connectivity index is 1.77. The number of rotatable bonds is 6. The Bertz CT molecular complexity index is 422. The third kappa shape index (κ3) is 5.58. The summed E-state index contributed by atoms with van der Waals surface area (Å²) in [4.78, 5) is 27.8. The maximum absolute atomic E-state index is 12.7. The fourth-order valence-corrected chi connectivity index (χ4v) is 4.14. The molecular formula is C20H36N2O2. The van der Waals surface area contributed by atoms with E-state index in [4.69, 9.17) is 0 Å². The summed E-state index contributed by atoms with van der Waals surface area (Å²) in [5, 5.41) is 3.11. The van der Waals surface area contributed by atoms with Crippen molar-refractivity contribution in [2.45, 2.75) is 72.1 Å². The molecule has 1 aliphatic carbocycles. The van der Waals surface area contributed by atoms with Crippen LogP contribution in [-0.4, -0.2) is 42.8 Å². The van der Waals surface area contributed by atoms with Gasteiger partial charge in [-0.05, 0) is 51.7 Å². The first-order valence-corrected chi connectivity index (χ1v) is 9.94. The second kappa shape index (κ2) is 8.98. The standard InChI is InChI=1S/C20H36N2O2/c1-20(2,3)18(23)16-10-5-6-11-17(16)19(24)21-12-9-15-22-13-7-4-8-14-22/h16-17H,4-15H2,1-3H3,(H,21,24)/t16-,17?/m0/s1. The highest BCUT2D eigenvalue weighted by Crippen LogP contribution is 2.35. The molecule has 1 saturated heterocycles. The molecular weight excluding hydrogens is 300 g/mol. The second-order valence-electron chi connectivity index (χ2n) is 8.66. The van der Waals surface area contributed by atoms with Crippen molar-refractivity contribution in [3.05, 3.63) is 0 Å². The molecule has 1 amide bonds. The molecule has 1 unspecified atom stereocenters. The number of piperidine rings is 1. The van der Waals surface area contributed by atoms with Crippen molar-refractivity contribution < 1.29 is 9.59 Å². The van der Waals surface area contributed by atoms with Crippen molar-refractivity contribution >= 4 is 11.7 Å². The average molecular weight is 337 g/mol. The zero-order chi connectivity index (χ0) is 17.6. The highest BCUT2D eigenvalue weighted by Gasteiger charge is 2.39. The van der Waals surface area contributed by atoms with Crippen LogP contribution in [0.3, 0.4) is 0 Å². The van der Waals surface area contributed by atoms with Gasteiger partial charge in [0, 0.05) is 23.8 Å². The number of nitrogens with zero attached hydrogens (tertiary/aromatic N) is 1. The van der Waals surface area contributed by atoms with Gasteiger partial charge >= 0.3 is 0 Å². The van der Waals surface area contributed by atoms with Gasteiger partial charge in [0.1, 0.15) is 5.78 Å². The number of carbonyl (C=O) groups is 2. The van der Waals surface area contributed by atoms with Crippen LogP contribution in [0.4, 0.5) is 0 Å². The summed E-state index contributed by atoms with van der Waals surface area (Å²) in [5.74, 6) is 0.174. The molecule has 4 heteroatoms. The molecule has 2 fully saturated rings. The zero-order valence-electron chi connectivity index (χ0n) is 15.9. The maximum atomic E-state index is 12.7. The quantitative estimate of drug-likeness (QED) is 0.756.